The first-order chi connectivity index (χ1) is 7.97. The first-order valence-electron chi connectivity index (χ1n) is 5.98. The van der Waals surface area contributed by atoms with E-state index in [4.69, 9.17) is 5.11 Å². The maximum Gasteiger partial charge on any atom is 0.225 e. The van der Waals surface area contributed by atoms with E-state index < -0.39 is 0 Å². The molecule has 0 unspecified atom stereocenters. The minimum atomic E-state index is 0.113. The highest BCUT2D eigenvalue weighted by atomic mass is 16.3. The quantitative estimate of drug-likeness (QED) is 0.791. The van der Waals surface area contributed by atoms with Gasteiger partial charge in [0.15, 0.2) is 5.75 Å². The number of aromatic hydroxyl groups is 1. The van der Waals surface area contributed by atoms with E-state index in [1.165, 1.54) is 12.4 Å². The minimum absolute atomic E-state index is 0.113. The predicted octanol–water partition coefficient (Wildman–Crippen LogP) is 1.10. The molecule has 5 heteroatoms. The maximum absolute atomic E-state index is 9.15. The molecule has 94 valence electrons. The Bertz CT molecular complexity index is 363. The van der Waals surface area contributed by atoms with Crippen LogP contribution in [0.15, 0.2) is 12.4 Å². The van der Waals surface area contributed by atoms with E-state index in [0.717, 1.165) is 26.2 Å². The van der Waals surface area contributed by atoms with Crippen LogP contribution in [-0.2, 0) is 0 Å². The molecule has 0 bridgehead atoms. The van der Waals surface area contributed by atoms with Gasteiger partial charge in [0.2, 0.25) is 5.95 Å². The van der Waals surface area contributed by atoms with Crippen molar-refractivity contribution in [2.45, 2.75) is 26.3 Å². The normalized spacial score (nSPS) is 18.4. The molecule has 0 aromatic carbocycles. The Morgan fingerprint density at radius 2 is 1.59 bits per heavy atom. The highest BCUT2D eigenvalue weighted by Crippen LogP contribution is 2.18. The van der Waals surface area contributed by atoms with Gasteiger partial charge in [0.05, 0.1) is 12.4 Å². The van der Waals surface area contributed by atoms with Crippen molar-refractivity contribution in [1.82, 2.24) is 14.9 Å². The predicted molar refractivity (Wildman–Crippen MR) is 67.2 cm³/mol. The van der Waals surface area contributed by atoms with Crippen molar-refractivity contribution < 1.29 is 5.11 Å². The number of piperazine rings is 1. The molecule has 0 spiro atoms. The first-order valence-corrected chi connectivity index (χ1v) is 5.98. The second-order valence-electron chi connectivity index (χ2n) is 5.39. The summed E-state index contributed by atoms with van der Waals surface area (Å²) in [7, 11) is 0. The fraction of sp³-hybridized carbons (Fsp3) is 0.667. The van der Waals surface area contributed by atoms with Crippen LogP contribution in [0.4, 0.5) is 5.95 Å². The highest BCUT2D eigenvalue weighted by molar-refractivity contribution is 5.31. The zero-order valence-corrected chi connectivity index (χ0v) is 10.7. The molecule has 0 atom stereocenters. The molecule has 1 aliphatic rings. The topological polar surface area (TPSA) is 52.5 Å². The average Bonchev–Trinajstić information content (AvgIpc) is 2.29. The Morgan fingerprint density at radius 1 is 1.06 bits per heavy atom. The number of hydrogen-bond donors (Lipinski definition) is 1. The van der Waals surface area contributed by atoms with E-state index in [0.29, 0.717) is 5.95 Å². The fourth-order valence-corrected chi connectivity index (χ4v) is 2.05. The summed E-state index contributed by atoms with van der Waals surface area (Å²) in [5.41, 5.74) is 0.224. The van der Waals surface area contributed by atoms with Crippen molar-refractivity contribution >= 4 is 5.95 Å². The van der Waals surface area contributed by atoms with Crippen molar-refractivity contribution in [2.24, 2.45) is 0 Å². The second kappa shape index (κ2) is 4.49. The van der Waals surface area contributed by atoms with Gasteiger partial charge in [0.1, 0.15) is 0 Å². The number of nitrogens with zero attached hydrogens (tertiary/aromatic N) is 4. The van der Waals surface area contributed by atoms with Crippen LogP contribution >= 0.6 is 0 Å². The van der Waals surface area contributed by atoms with E-state index in [9.17, 15) is 0 Å². The van der Waals surface area contributed by atoms with Crippen LogP contribution in [0.1, 0.15) is 20.8 Å². The number of aromatic nitrogens is 2. The summed E-state index contributed by atoms with van der Waals surface area (Å²) in [6.07, 6.45) is 2.89. The van der Waals surface area contributed by atoms with Gasteiger partial charge in [-0.1, -0.05) is 0 Å². The van der Waals surface area contributed by atoms with Gasteiger partial charge < -0.3 is 10.0 Å². The van der Waals surface area contributed by atoms with Crippen molar-refractivity contribution in [1.29, 1.82) is 0 Å². The fourth-order valence-electron chi connectivity index (χ4n) is 2.05. The lowest BCUT2D eigenvalue weighted by atomic mass is 10.1. The molecule has 1 aliphatic heterocycles. The third kappa shape index (κ3) is 2.85. The molecule has 0 saturated carbocycles. The first kappa shape index (κ1) is 12.1. The summed E-state index contributed by atoms with van der Waals surface area (Å²) in [6, 6.07) is 0. The van der Waals surface area contributed by atoms with Crippen LogP contribution in [0.25, 0.3) is 0 Å². The highest BCUT2D eigenvalue weighted by Gasteiger charge is 2.26. The Balaban J connectivity index is 1.97. The molecule has 1 N–H and O–H groups in total. The van der Waals surface area contributed by atoms with Crippen molar-refractivity contribution in [3.8, 4) is 5.75 Å². The standard InChI is InChI=1S/C12H20N4O/c1-12(2,3)16-6-4-15(5-7-16)11-13-8-10(17)9-14-11/h8-9,17H,4-7H2,1-3H3. The molecule has 2 rings (SSSR count). The summed E-state index contributed by atoms with van der Waals surface area (Å²) >= 11 is 0. The molecule has 0 aliphatic carbocycles. The van der Waals surface area contributed by atoms with Gasteiger partial charge >= 0.3 is 0 Å². The molecule has 1 saturated heterocycles. The molecule has 0 amide bonds. The summed E-state index contributed by atoms with van der Waals surface area (Å²) in [4.78, 5) is 12.9. The second-order valence-corrected chi connectivity index (χ2v) is 5.39. The maximum atomic E-state index is 9.15. The Hall–Kier alpha value is -1.36. The van der Waals surface area contributed by atoms with Gasteiger partial charge in [-0.25, -0.2) is 9.97 Å². The van der Waals surface area contributed by atoms with E-state index in [1.54, 1.807) is 0 Å². The van der Waals surface area contributed by atoms with E-state index >= 15 is 0 Å². The molecule has 17 heavy (non-hydrogen) atoms. The van der Waals surface area contributed by atoms with Gasteiger partial charge in [0.25, 0.3) is 0 Å². The lowest BCUT2D eigenvalue weighted by Crippen LogP contribution is -2.53. The summed E-state index contributed by atoms with van der Waals surface area (Å²) in [5, 5.41) is 9.15. The molecule has 1 fully saturated rings. The van der Waals surface area contributed by atoms with Gasteiger partial charge in [-0.3, -0.25) is 4.90 Å². The van der Waals surface area contributed by atoms with Crippen molar-refractivity contribution in [3.05, 3.63) is 12.4 Å². The van der Waals surface area contributed by atoms with Crippen molar-refractivity contribution in [3.63, 3.8) is 0 Å². The van der Waals surface area contributed by atoms with Crippen molar-refractivity contribution in [2.75, 3.05) is 31.1 Å². The monoisotopic (exact) mass is 236 g/mol. The molecule has 1 aromatic heterocycles. The molecule has 5 nitrogen and oxygen atoms in total. The molecular formula is C12H20N4O. The number of rotatable bonds is 1. The summed E-state index contributed by atoms with van der Waals surface area (Å²) in [6.45, 7) is 10.6. The van der Waals surface area contributed by atoms with Crippen LogP contribution < -0.4 is 4.90 Å². The van der Waals surface area contributed by atoms with E-state index in [1.807, 2.05) is 0 Å². The third-order valence-electron chi connectivity index (χ3n) is 3.14. The molecular weight excluding hydrogens is 216 g/mol. The Kier molecular flexibility index (Phi) is 3.19. The molecule has 0 radical (unpaired) electrons. The van der Waals surface area contributed by atoms with Gasteiger partial charge in [-0.15, -0.1) is 0 Å². The minimum Gasteiger partial charge on any atom is -0.505 e. The Labute approximate surface area is 102 Å². The summed E-state index contributed by atoms with van der Waals surface area (Å²) in [5.74, 6) is 0.818. The largest absolute Gasteiger partial charge is 0.505 e. The summed E-state index contributed by atoms with van der Waals surface area (Å²) < 4.78 is 0. The van der Waals surface area contributed by atoms with Gasteiger partial charge in [-0.2, -0.15) is 0 Å². The smallest absolute Gasteiger partial charge is 0.225 e. The lowest BCUT2D eigenvalue weighted by molar-refractivity contribution is 0.128. The van der Waals surface area contributed by atoms with Crippen LogP contribution in [0, 0.1) is 0 Å². The average molecular weight is 236 g/mol. The Morgan fingerprint density at radius 3 is 2.06 bits per heavy atom. The van der Waals surface area contributed by atoms with Crippen LogP contribution in [0.3, 0.4) is 0 Å². The zero-order valence-electron chi connectivity index (χ0n) is 10.7. The molecule has 2 heterocycles. The SMILES string of the molecule is CC(C)(C)N1CCN(c2ncc(O)cn2)CC1. The third-order valence-corrected chi connectivity index (χ3v) is 3.14. The lowest BCUT2D eigenvalue weighted by Gasteiger charge is -2.42. The van der Waals surface area contributed by atoms with Crippen LogP contribution in [-0.4, -0.2) is 51.7 Å². The number of hydrogen-bond acceptors (Lipinski definition) is 5. The molecule has 1 aromatic rings. The zero-order chi connectivity index (χ0) is 12.5. The van der Waals surface area contributed by atoms with Gasteiger partial charge in [-0.05, 0) is 20.8 Å². The number of anilines is 1. The van der Waals surface area contributed by atoms with Gasteiger partial charge in [0, 0.05) is 31.7 Å². The van der Waals surface area contributed by atoms with Crippen LogP contribution in [0.5, 0.6) is 5.75 Å². The van der Waals surface area contributed by atoms with Crippen LogP contribution in [0.2, 0.25) is 0 Å². The van der Waals surface area contributed by atoms with E-state index in [2.05, 4.69) is 40.5 Å². The van der Waals surface area contributed by atoms with E-state index in [-0.39, 0.29) is 11.3 Å².